The molecule has 26 heavy (non-hydrogen) atoms. The Morgan fingerprint density at radius 2 is 2.00 bits per heavy atom. The van der Waals surface area contributed by atoms with Crippen molar-refractivity contribution in [3.05, 3.63) is 40.9 Å². The zero-order valence-corrected chi connectivity index (χ0v) is 15.5. The number of amides is 1. The van der Waals surface area contributed by atoms with Crippen LogP contribution < -0.4 is 10.9 Å². The van der Waals surface area contributed by atoms with Gasteiger partial charge >= 0.3 is 0 Å². The van der Waals surface area contributed by atoms with Gasteiger partial charge in [0.15, 0.2) is 0 Å². The molecular formula is C20H25N3O3. The molecule has 0 aliphatic rings. The molecule has 6 nitrogen and oxygen atoms in total. The van der Waals surface area contributed by atoms with Gasteiger partial charge in [-0.15, -0.1) is 0 Å². The number of rotatable bonds is 7. The first kappa shape index (κ1) is 18.2. The standard InChI is InChI=1S/C20H25N3O3/c1-13(2)7-6-8-14(3)22-17(24)11-23-12-21-18-15-9-4-5-10-16(15)26-19(18)20(23)25/h4-5,9-10,12-14H,6-8,11H2,1-3H3,(H,22,24)/t14-/m0/s1. The van der Waals surface area contributed by atoms with Crippen LogP contribution in [-0.2, 0) is 11.3 Å². The normalized spacial score (nSPS) is 12.8. The van der Waals surface area contributed by atoms with Crippen LogP contribution in [0.5, 0.6) is 0 Å². The first-order valence-electron chi connectivity index (χ1n) is 9.11. The highest BCUT2D eigenvalue weighted by molar-refractivity contribution is 6.01. The lowest BCUT2D eigenvalue weighted by Gasteiger charge is -2.15. The molecule has 6 heteroatoms. The van der Waals surface area contributed by atoms with Crippen molar-refractivity contribution >= 4 is 28.0 Å². The van der Waals surface area contributed by atoms with Crippen LogP contribution in [0.2, 0.25) is 0 Å². The van der Waals surface area contributed by atoms with E-state index in [-0.39, 0.29) is 29.6 Å². The highest BCUT2D eigenvalue weighted by Crippen LogP contribution is 2.23. The molecule has 1 atom stereocenters. The van der Waals surface area contributed by atoms with Crippen molar-refractivity contribution in [2.45, 2.75) is 52.6 Å². The summed E-state index contributed by atoms with van der Waals surface area (Å²) in [6.07, 6.45) is 4.56. The number of para-hydroxylation sites is 1. The first-order valence-corrected chi connectivity index (χ1v) is 9.11. The number of nitrogens with one attached hydrogen (secondary N) is 1. The summed E-state index contributed by atoms with van der Waals surface area (Å²) in [5.41, 5.74) is 0.998. The zero-order valence-electron chi connectivity index (χ0n) is 15.5. The Morgan fingerprint density at radius 1 is 1.23 bits per heavy atom. The van der Waals surface area contributed by atoms with E-state index in [9.17, 15) is 9.59 Å². The van der Waals surface area contributed by atoms with Gasteiger partial charge in [-0.2, -0.15) is 0 Å². The summed E-state index contributed by atoms with van der Waals surface area (Å²) in [7, 11) is 0. The molecular weight excluding hydrogens is 330 g/mol. The molecule has 0 saturated carbocycles. The van der Waals surface area contributed by atoms with Gasteiger partial charge in [-0.25, -0.2) is 4.98 Å². The molecule has 2 aromatic heterocycles. The predicted octanol–water partition coefficient (Wildman–Crippen LogP) is 3.47. The summed E-state index contributed by atoms with van der Waals surface area (Å²) in [6.45, 7) is 6.31. The van der Waals surface area contributed by atoms with E-state index in [0.29, 0.717) is 17.0 Å². The van der Waals surface area contributed by atoms with Gasteiger partial charge in [-0.3, -0.25) is 14.2 Å². The molecule has 1 amide bonds. The van der Waals surface area contributed by atoms with Gasteiger partial charge in [0.05, 0.1) is 6.33 Å². The number of carbonyl (C=O) groups excluding carboxylic acids is 1. The van der Waals surface area contributed by atoms with Crippen molar-refractivity contribution in [1.82, 2.24) is 14.9 Å². The second-order valence-corrected chi connectivity index (χ2v) is 7.25. The maximum Gasteiger partial charge on any atom is 0.297 e. The van der Waals surface area contributed by atoms with Crippen molar-refractivity contribution in [3.8, 4) is 0 Å². The Kier molecular flexibility index (Phi) is 5.40. The molecule has 0 bridgehead atoms. The Morgan fingerprint density at radius 3 is 2.77 bits per heavy atom. The largest absolute Gasteiger partial charge is 0.448 e. The number of benzene rings is 1. The molecule has 138 valence electrons. The van der Waals surface area contributed by atoms with Gasteiger partial charge in [0.2, 0.25) is 11.5 Å². The number of hydrogen-bond acceptors (Lipinski definition) is 4. The summed E-state index contributed by atoms with van der Waals surface area (Å²) in [6, 6.07) is 7.46. The van der Waals surface area contributed by atoms with E-state index in [4.69, 9.17) is 4.42 Å². The lowest BCUT2D eigenvalue weighted by atomic mass is 10.0. The Bertz CT molecular complexity index is 971. The average Bonchev–Trinajstić information content (AvgIpc) is 2.96. The van der Waals surface area contributed by atoms with Gasteiger partial charge in [0, 0.05) is 11.4 Å². The average molecular weight is 355 g/mol. The third kappa shape index (κ3) is 3.95. The zero-order chi connectivity index (χ0) is 18.7. The molecule has 3 aromatic rings. The van der Waals surface area contributed by atoms with E-state index >= 15 is 0 Å². The van der Waals surface area contributed by atoms with Crippen molar-refractivity contribution < 1.29 is 9.21 Å². The molecule has 0 fully saturated rings. The lowest BCUT2D eigenvalue weighted by molar-refractivity contribution is -0.122. The van der Waals surface area contributed by atoms with Gasteiger partial charge in [-0.1, -0.05) is 38.8 Å². The van der Waals surface area contributed by atoms with Crippen molar-refractivity contribution in [3.63, 3.8) is 0 Å². The third-order valence-electron chi connectivity index (χ3n) is 4.49. The molecule has 0 saturated heterocycles. The van der Waals surface area contributed by atoms with Crippen molar-refractivity contribution in [2.24, 2.45) is 5.92 Å². The molecule has 0 radical (unpaired) electrons. The van der Waals surface area contributed by atoms with Crippen molar-refractivity contribution in [1.29, 1.82) is 0 Å². The third-order valence-corrected chi connectivity index (χ3v) is 4.49. The van der Waals surface area contributed by atoms with Crippen LogP contribution in [0.4, 0.5) is 0 Å². The Labute approximate surface area is 152 Å². The number of fused-ring (bicyclic) bond motifs is 3. The predicted molar refractivity (Wildman–Crippen MR) is 102 cm³/mol. The van der Waals surface area contributed by atoms with Crippen LogP contribution >= 0.6 is 0 Å². The minimum absolute atomic E-state index is 0.0622. The number of furan rings is 1. The van der Waals surface area contributed by atoms with E-state index in [1.807, 2.05) is 25.1 Å². The van der Waals surface area contributed by atoms with E-state index in [1.54, 1.807) is 6.07 Å². The molecule has 3 rings (SSSR count). The Balaban J connectivity index is 1.70. The second kappa shape index (κ2) is 7.72. The Hall–Kier alpha value is -2.63. The maximum absolute atomic E-state index is 12.6. The fraction of sp³-hybridized carbons (Fsp3) is 0.450. The molecule has 2 heterocycles. The maximum atomic E-state index is 12.6. The van der Waals surface area contributed by atoms with E-state index < -0.39 is 0 Å². The topological polar surface area (TPSA) is 77.1 Å². The molecule has 0 spiro atoms. The molecule has 1 N–H and O–H groups in total. The van der Waals surface area contributed by atoms with Gasteiger partial charge < -0.3 is 9.73 Å². The van der Waals surface area contributed by atoms with E-state index in [1.165, 1.54) is 10.9 Å². The smallest absolute Gasteiger partial charge is 0.297 e. The SMILES string of the molecule is CC(C)CCC[C@H](C)NC(=O)Cn1cnc2c(oc3ccccc32)c1=O. The van der Waals surface area contributed by atoms with Crippen LogP contribution in [0.15, 0.2) is 39.8 Å². The summed E-state index contributed by atoms with van der Waals surface area (Å²) in [5.74, 6) is 0.472. The summed E-state index contributed by atoms with van der Waals surface area (Å²) in [5, 5.41) is 3.75. The summed E-state index contributed by atoms with van der Waals surface area (Å²) in [4.78, 5) is 29.2. The minimum Gasteiger partial charge on any atom is -0.448 e. The minimum atomic E-state index is -0.339. The highest BCUT2D eigenvalue weighted by Gasteiger charge is 2.15. The van der Waals surface area contributed by atoms with Crippen LogP contribution in [-0.4, -0.2) is 21.5 Å². The quantitative estimate of drug-likeness (QED) is 0.704. The molecule has 0 aliphatic heterocycles. The first-order chi connectivity index (χ1) is 12.5. The van der Waals surface area contributed by atoms with Crippen LogP contribution in [0.3, 0.4) is 0 Å². The molecule has 0 unspecified atom stereocenters. The number of hydrogen-bond donors (Lipinski definition) is 1. The molecule has 0 aliphatic carbocycles. The number of carbonyl (C=O) groups is 1. The summed E-state index contributed by atoms with van der Waals surface area (Å²) >= 11 is 0. The van der Waals surface area contributed by atoms with E-state index in [0.717, 1.165) is 24.6 Å². The fourth-order valence-electron chi connectivity index (χ4n) is 3.11. The van der Waals surface area contributed by atoms with Gasteiger partial charge in [0.25, 0.3) is 5.56 Å². The van der Waals surface area contributed by atoms with Gasteiger partial charge in [-0.05, 0) is 31.4 Å². The van der Waals surface area contributed by atoms with Crippen LogP contribution in [0.25, 0.3) is 22.1 Å². The monoisotopic (exact) mass is 355 g/mol. The number of nitrogens with zero attached hydrogens (tertiary/aromatic N) is 2. The van der Waals surface area contributed by atoms with Crippen LogP contribution in [0, 0.1) is 5.92 Å². The van der Waals surface area contributed by atoms with E-state index in [2.05, 4.69) is 24.1 Å². The van der Waals surface area contributed by atoms with Crippen LogP contribution in [0.1, 0.15) is 40.0 Å². The molecule has 1 aromatic carbocycles. The second-order valence-electron chi connectivity index (χ2n) is 7.25. The fourth-order valence-corrected chi connectivity index (χ4v) is 3.11. The van der Waals surface area contributed by atoms with Gasteiger partial charge in [0.1, 0.15) is 17.6 Å². The number of aromatic nitrogens is 2. The summed E-state index contributed by atoms with van der Waals surface area (Å²) < 4.78 is 6.93. The lowest BCUT2D eigenvalue weighted by Crippen LogP contribution is -2.37. The van der Waals surface area contributed by atoms with Crippen molar-refractivity contribution in [2.75, 3.05) is 0 Å². The highest BCUT2D eigenvalue weighted by atomic mass is 16.3.